The van der Waals surface area contributed by atoms with Crippen molar-refractivity contribution in [3.63, 3.8) is 0 Å². The summed E-state index contributed by atoms with van der Waals surface area (Å²) >= 11 is 12.3. The number of anilines is 1. The van der Waals surface area contributed by atoms with Gasteiger partial charge in [0, 0.05) is 42.9 Å². The van der Waals surface area contributed by atoms with Gasteiger partial charge in [-0.25, -0.2) is 0 Å². The summed E-state index contributed by atoms with van der Waals surface area (Å²) in [7, 11) is 4.01. The van der Waals surface area contributed by atoms with Gasteiger partial charge in [-0.05, 0) is 42.3 Å². The Hall–Kier alpha value is -1.71. The fourth-order valence-corrected chi connectivity index (χ4v) is 2.99. The molecule has 0 bridgehead atoms. The summed E-state index contributed by atoms with van der Waals surface area (Å²) in [4.78, 5) is 16.5. The number of benzene rings is 2. The van der Waals surface area contributed by atoms with Crippen LogP contribution >= 0.6 is 23.2 Å². The second-order valence-electron chi connectivity index (χ2n) is 5.85. The Morgan fingerprint density at radius 1 is 1.00 bits per heavy atom. The minimum Gasteiger partial charge on any atom is -0.378 e. The highest BCUT2D eigenvalue weighted by Crippen LogP contribution is 2.25. The van der Waals surface area contributed by atoms with Gasteiger partial charge in [-0.3, -0.25) is 4.79 Å². The van der Waals surface area contributed by atoms with Gasteiger partial charge in [0.25, 0.3) is 0 Å². The molecule has 0 fully saturated rings. The van der Waals surface area contributed by atoms with Crippen LogP contribution in [0.25, 0.3) is 0 Å². The Labute approximate surface area is 153 Å². The van der Waals surface area contributed by atoms with E-state index in [0.717, 1.165) is 11.3 Å². The van der Waals surface area contributed by atoms with Crippen molar-refractivity contribution < 1.29 is 4.79 Å². The van der Waals surface area contributed by atoms with Gasteiger partial charge in [0.15, 0.2) is 0 Å². The fourth-order valence-electron chi connectivity index (χ4n) is 2.46. The molecule has 2 aromatic carbocycles. The monoisotopic (exact) mass is 364 g/mol. The summed E-state index contributed by atoms with van der Waals surface area (Å²) in [5.74, 6) is 0.0178. The molecule has 0 heterocycles. The van der Waals surface area contributed by atoms with Crippen LogP contribution in [0.4, 0.5) is 5.69 Å². The highest BCUT2D eigenvalue weighted by molar-refractivity contribution is 6.36. The molecule has 0 spiro atoms. The minimum atomic E-state index is 0.0178. The second-order valence-corrected chi connectivity index (χ2v) is 6.66. The zero-order valence-corrected chi connectivity index (χ0v) is 15.7. The van der Waals surface area contributed by atoms with Crippen molar-refractivity contribution >= 4 is 34.8 Å². The largest absolute Gasteiger partial charge is 0.378 e. The van der Waals surface area contributed by atoms with Crippen molar-refractivity contribution in [1.82, 2.24) is 4.90 Å². The van der Waals surface area contributed by atoms with Crippen molar-refractivity contribution in [1.29, 1.82) is 0 Å². The zero-order chi connectivity index (χ0) is 17.7. The van der Waals surface area contributed by atoms with Crippen LogP contribution in [0.15, 0.2) is 42.5 Å². The van der Waals surface area contributed by atoms with Crippen molar-refractivity contribution in [2.24, 2.45) is 0 Å². The number of likely N-dealkylation sites (N-methyl/N-ethyl adjacent to an activating group) is 1. The molecule has 0 N–H and O–H groups in total. The number of hydrogen-bond donors (Lipinski definition) is 0. The Morgan fingerprint density at radius 3 is 2.08 bits per heavy atom. The van der Waals surface area contributed by atoms with Crippen LogP contribution in [0.2, 0.25) is 10.0 Å². The topological polar surface area (TPSA) is 23.6 Å². The number of halogens is 2. The minimum absolute atomic E-state index is 0.0178. The lowest BCUT2D eigenvalue weighted by molar-refractivity contribution is -0.130. The van der Waals surface area contributed by atoms with Gasteiger partial charge in [0.2, 0.25) is 5.91 Å². The average molecular weight is 365 g/mol. The summed E-state index contributed by atoms with van der Waals surface area (Å²) in [6.45, 7) is 3.18. The maximum atomic E-state index is 12.6. The Kier molecular flexibility index (Phi) is 6.52. The Balaban J connectivity index is 2.09. The van der Waals surface area contributed by atoms with Crippen LogP contribution < -0.4 is 4.90 Å². The molecule has 0 atom stereocenters. The predicted octanol–water partition coefficient (Wildman–Crippen LogP) is 4.65. The van der Waals surface area contributed by atoms with Crippen molar-refractivity contribution in [3.05, 3.63) is 63.6 Å². The lowest BCUT2D eigenvalue weighted by Crippen LogP contribution is -2.31. The van der Waals surface area contributed by atoms with E-state index >= 15 is 0 Å². The lowest BCUT2D eigenvalue weighted by atomic mass is 10.1. The van der Waals surface area contributed by atoms with Crippen LogP contribution in [0.1, 0.15) is 18.1 Å². The number of amides is 1. The van der Waals surface area contributed by atoms with Gasteiger partial charge >= 0.3 is 0 Å². The summed E-state index contributed by atoms with van der Waals surface area (Å²) in [6.07, 6.45) is 0.210. The number of hydrogen-bond acceptors (Lipinski definition) is 2. The van der Waals surface area contributed by atoms with Gasteiger partial charge in [0.1, 0.15) is 0 Å². The van der Waals surface area contributed by atoms with Gasteiger partial charge in [-0.2, -0.15) is 0 Å². The third-order valence-corrected chi connectivity index (χ3v) is 4.66. The highest BCUT2D eigenvalue weighted by atomic mass is 35.5. The van der Waals surface area contributed by atoms with E-state index in [0.29, 0.717) is 28.7 Å². The molecule has 2 aromatic rings. The molecule has 0 unspecified atom stereocenters. The van der Waals surface area contributed by atoms with E-state index in [1.165, 1.54) is 0 Å². The quantitative estimate of drug-likeness (QED) is 0.744. The molecular formula is C19H22Cl2N2O. The number of nitrogens with zero attached hydrogens (tertiary/aromatic N) is 2. The summed E-state index contributed by atoms with van der Waals surface area (Å²) in [5, 5.41) is 1.06. The SMILES string of the molecule is CCN(Cc1ccc(N(C)C)cc1)C(=O)Cc1c(Cl)cccc1Cl. The number of carbonyl (C=O) groups excluding carboxylic acids is 1. The maximum Gasteiger partial charge on any atom is 0.227 e. The van der Waals surface area contributed by atoms with E-state index in [-0.39, 0.29) is 12.3 Å². The van der Waals surface area contributed by atoms with E-state index in [1.54, 1.807) is 18.2 Å². The fraction of sp³-hybridized carbons (Fsp3) is 0.316. The van der Waals surface area contributed by atoms with E-state index in [4.69, 9.17) is 23.2 Å². The summed E-state index contributed by atoms with van der Waals surface area (Å²) < 4.78 is 0. The van der Waals surface area contributed by atoms with Crippen LogP contribution in [-0.2, 0) is 17.8 Å². The molecule has 0 aliphatic heterocycles. The molecule has 0 saturated carbocycles. The summed E-state index contributed by atoms with van der Waals surface area (Å²) in [6, 6.07) is 13.5. The molecule has 128 valence electrons. The van der Waals surface area contributed by atoms with Crippen molar-refractivity contribution in [2.45, 2.75) is 19.9 Å². The molecule has 5 heteroatoms. The number of carbonyl (C=O) groups is 1. The molecule has 3 nitrogen and oxygen atoms in total. The lowest BCUT2D eigenvalue weighted by Gasteiger charge is -2.22. The van der Waals surface area contributed by atoms with E-state index in [2.05, 4.69) is 12.1 Å². The molecule has 0 aliphatic carbocycles. The van der Waals surface area contributed by atoms with Crippen LogP contribution in [0, 0.1) is 0 Å². The van der Waals surface area contributed by atoms with Crippen LogP contribution in [-0.4, -0.2) is 31.4 Å². The molecule has 0 saturated heterocycles. The van der Waals surface area contributed by atoms with Gasteiger partial charge in [-0.15, -0.1) is 0 Å². The first-order chi connectivity index (χ1) is 11.4. The zero-order valence-electron chi connectivity index (χ0n) is 14.2. The van der Waals surface area contributed by atoms with E-state index < -0.39 is 0 Å². The number of rotatable bonds is 6. The molecule has 1 amide bonds. The third kappa shape index (κ3) is 4.65. The second kappa shape index (κ2) is 8.41. The van der Waals surface area contributed by atoms with Crippen LogP contribution in [0.5, 0.6) is 0 Å². The van der Waals surface area contributed by atoms with Crippen molar-refractivity contribution in [3.8, 4) is 0 Å². The molecule has 0 radical (unpaired) electrons. The predicted molar refractivity (Wildman–Crippen MR) is 102 cm³/mol. The van der Waals surface area contributed by atoms with E-state index in [9.17, 15) is 4.79 Å². The Bertz CT molecular complexity index is 679. The van der Waals surface area contributed by atoms with Gasteiger partial charge in [-0.1, -0.05) is 41.4 Å². The molecular weight excluding hydrogens is 343 g/mol. The maximum absolute atomic E-state index is 12.6. The smallest absolute Gasteiger partial charge is 0.227 e. The summed E-state index contributed by atoms with van der Waals surface area (Å²) in [5.41, 5.74) is 2.92. The third-order valence-electron chi connectivity index (χ3n) is 3.95. The van der Waals surface area contributed by atoms with Gasteiger partial charge < -0.3 is 9.80 Å². The first-order valence-corrected chi connectivity index (χ1v) is 8.65. The normalized spacial score (nSPS) is 10.5. The van der Waals surface area contributed by atoms with Crippen LogP contribution in [0.3, 0.4) is 0 Å². The molecule has 24 heavy (non-hydrogen) atoms. The van der Waals surface area contributed by atoms with E-state index in [1.807, 2.05) is 43.0 Å². The molecule has 0 aliphatic rings. The standard InChI is InChI=1S/C19H22Cl2N2O/c1-4-23(13-14-8-10-15(11-9-14)22(2)3)19(24)12-16-17(20)6-5-7-18(16)21/h5-11H,4,12-13H2,1-3H3. The van der Waals surface area contributed by atoms with Gasteiger partial charge in [0.05, 0.1) is 6.42 Å². The first-order valence-electron chi connectivity index (χ1n) is 7.89. The average Bonchev–Trinajstić information content (AvgIpc) is 2.56. The highest BCUT2D eigenvalue weighted by Gasteiger charge is 2.16. The first kappa shape index (κ1) is 18.6. The molecule has 2 rings (SSSR count). The molecule has 0 aromatic heterocycles. The van der Waals surface area contributed by atoms with Crippen molar-refractivity contribution in [2.75, 3.05) is 25.5 Å². The Morgan fingerprint density at radius 2 is 1.58 bits per heavy atom.